The molecule has 0 aliphatic heterocycles. The fraction of sp³-hybridized carbons (Fsp3) is 0.438. The standard InChI is InChI=1S/C16H22N2O2/c1-3-17-16(20)13-18(2)12-15-9-6-8-14(11-15)7-4-5-10-19/h6,8-9,11,19H,3,5,10,12-13H2,1-2H3,(H,17,20). The average Bonchev–Trinajstić information content (AvgIpc) is 2.39. The minimum Gasteiger partial charge on any atom is -0.395 e. The molecule has 0 spiro atoms. The molecule has 108 valence electrons. The Morgan fingerprint density at radius 3 is 2.95 bits per heavy atom. The first kappa shape index (κ1) is 16.2. The zero-order valence-electron chi connectivity index (χ0n) is 12.1. The van der Waals surface area contributed by atoms with Crippen LogP contribution in [0, 0.1) is 11.8 Å². The van der Waals surface area contributed by atoms with E-state index in [9.17, 15) is 4.79 Å². The van der Waals surface area contributed by atoms with E-state index in [1.807, 2.05) is 43.1 Å². The first-order valence-corrected chi connectivity index (χ1v) is 6.79. The lowest BCUT2D eigenvalue weighted by atomic mass is 10.1. The van der Waals surface area contributed by atoms with Crippen molar-refractivity contribution < 1.29 is 9.90 Å². The highest BCUT2D eigenvalue weighted by molar-refractivity contribution is 5.77. The van der Waals surface area contributed by atoms with Crippen LogP contribution >= 0.6 is 0 Å². The quantitative estimate of drug-likeness (QED) is 0.761. The summed E-state index contributed by atoms with van der Waals surface area (Å²) >= 11 is 0. The smallest absolute Gasteiger partial charge is 0.234 e. The molecule has 0 unspecified atom stereocenters. The number of likely N-dealkylation sites (N-methyl/N-ethyl adjacent to an activating group) is 2. The normalized spacial score (nSPS) is 10.0. The van der Waals surface area contributed by atoms with Gasteiger partial charge in [-0.2, -0.15) is 0 Å². The van der Waals surface area contributed by atoms with Crippen molar-refractivity contribution >= 4 is 5.91 Å². The van der Waals surface area contributed by atoms with E-state index in [0.29, 0.717) is 26.1 Å². The molecule has 0 aliphatic carbocycles. The summed E-state index contributed by atoms with van der Waals surface area (Å²) < 4.78 is 0. The number of rotatable bonds is 6. The number of nitrogens with zero attached hydrogens (tertiary/aromatic N) is 1. The Morgan fingerprint density at radius 1 is 1.45 bits per heavy atom. The van der Waals surface area contributed by atoms with E-state index in [1.54, 1.807) is 0 Å². The summed E-state index contributed by atoms with van der Waals surface area (Å²) in [4.78, 5) is 13.4. The molecule has 0 bridgehead atoms. The van der Waals surface area contributed by atoms with Gasteiger partial charge in [-0.05, 0) is 31.7 Å². The molecular weight excluding hydrogens is 252 g/mol. The number of benzene rings is 1. The summed E-state index contributed by atoms with van der Waals surface area (Å²) in [6, 6.07) is 7.93. The molecule has 2 N–H and O–H groups in total. The third-order valence-electron chi connectivity index (χ3n) is 2.64. The van der Waals surface area contributed by atoms with Gasteiger partial charge in [0.15, 0.2) is 0 Å². The molecule has 1 amide bonds. The van der Waals surface area contributed by atoms with E-state index in [0.717, 1.165) is 11.1 Å². The molecule has 0 atom stereocenters. The van der Waals surface area contributed by atoms with Crippen LogP contribution in [-0.2, 0) is 11.3 Å². The first-order chi connectivity index (χ1) is 9.65. The fourth-order valence-corrected chi connectivity index (χ4v) is 1.83. The summed E-state index contributed by atoms with van der Waals surface area (Å²) in [6.45, 7) is 3.73. The Morgan fingerprint density at radius 2 is 2.25 bits per heavy atom. The molecular formula is C16H22N2O2. The predicted molar refractivity (Wildman–Crippen MR) is 80.0 cm³/mol. The number of nitrogens with one attached hydrogen (secondary N) is 1. The Bertz CT molecular complexity index is 489. The zero-order chi connectivity index (χ0) is 14.8. The minimum atomic E-state index is 0.0360. The molecule has 0 aromatic heterocycles. The SMILES string of the molecule is CCNC(=O)CN(C)Cc1cccc(C#CCCO)c1. The van der Waals surface area contributed by atoms with Crippen molar-refractivity contribution in [2.45, 2.75) is 19.9 Å². The molecule has 1 aromatic rings. The van der Waals surface area contributed by atoms with E-state index in [-0.39, 0.29) is 12.5 Å². The van der Waals surface area contributed by atoms with E-state index in [4.69, 9.17) is 5.11 Å². The topological polar surface area (TPSA) is 52.6 Å². The fourth-order valence-electron chi connectivity index (χ4n) is 1.83. The molecule has 0 radical (unpaired) electrons. The van der Waals surface area contributed by atoms with E-state index >= 15 is 0 Å². The van der Waals surface area contributed by atoms with Crippen LogP contribution in [0.25, 0.3) is 0 Å². The Hall–Kier alpha value is -1.83. The molecule has 0 saturated heterocycles. The molecule has 20 heavy (non-hydrogen) atoms. The van der Waals surface area contributed by atoms with Gasteiger partial charge in [0.05, 0.1) is 13.2 Å². The van der Waals surface area contributed by atoms with Gasteiger partial charge >= 0.3 is 0 Å². The van der Waals surface area contributed by atoms with Crippen LogP contribution in [0.4, 0.5) is 0 Å². The number of amides is 1. The van der Waals surface area contributed by atoms with Crippen molar-refractivity contribution in [3.63, 3.8) is 0 Å². The zero-order valence-corrected chi connectivity index (χ0v) is 12.1. The molecule has 4 heteroatoms. The van der Waals surface area contributed by atoms with Gasteiger partial charge in [0.1, 0.15) is 0 Å². The average molecular weight is 274 g/mol. The second kappa shape index (κ2) is 9.13. The number of hydrogen-bond acceptors (Lipinski definition) is 3. The first-order valence-electron chi connectivity index (χ1n) is 6.79. The third kappa shape index (κ3) is 6.37. The van der Waals surface area contributed by atoms with Gasteiger partial charge in [-0.1, -0.05) is 24.0 Å². The highest BCUT2D eigenvalue weighted by atomic mass is 16.2. The van der Waals surface area contributed by atoms with E-state index < -0.39 is 0 Å². The van der Waals surface area contributed by atoms with Gasteiger partial charge in [0.25, 0.3) is 0 Å². The maximum atomic E-state index is 11.5. The van der Waals surface area contributed by atoms with E-state index in [1.165, 1.54) is 0 Å². The maximum Gasteiger partial charge on any atom is 0.234 e. The lowest BCUT2D eigenvalue weighted by Gasteiger charge is -2.16. The molecule has 0 heterocycles. The summed E-state index contributed by atoms with van der Waals surface area (Å²) in [6.07, 6.45) is 0.487. The van der Waals surface area contributed by atoms with Crippen molar-refractivity contribution in [1.82, 2.24) is 10.2 Å². The summed E-state index contributed by atoms with van der Waals surface area (Å²) in [5.74, 6) is 5.95. The van der Waals surface area contributed by atoms with Crippen LogP contribution in [0.15, 0.2) is 24.3 Å². The number of aliphatic hydroxyl groups excluding tert-OH is 1. The highest BCUT2D eigenvalue weighted by Gasteiger charge is 2.06. The Kier molecular flexibility index (Phi) is 7.41. The number of aliphatic hydroxyl groups is 1. The van der Waals surface area contributed by atoms with Gasteiger partial charge in [-0.3, -0.25) is 9.69 Å². The molecule has 1 rings (SSSR count). The lowest BCUT2D eigenvalue weighted by molar-refractivity contribution is -0.121. The summed E-state index contributed by atoms with van der Waals surface area (Å²) in [7, 11) is 1.92. The number of carbonyl (C=O) groups excluding carboxylic acids is 1. The number of hydrogen-bond donors (Lipinski definition) is 2. The van der Waals surface area contributed by atoms with Gasteiger partial charge in [-0.15, -0.1) is 0 Å². The van der Waals surface area contributed by atoms with Crippen LogP contribution < -0.4 is 5.32 Å². The Balaban J connectivity index is 2.57. The molecule has 0 saturated carbocycles. The van der Waals surface area contributed by atoms with Crippen molar-refractivity contribution in [1.29, 1.82) is 0 Å². The van der Waals surface area contributed by atoms with Crippen LogP contribution in [0.3, 0.4) is 0 Å². The van der Waals surface area contributed by atoms with Crippen molar-refractivity contribution in [2.24, 2.45) is 0 Å². The summed E-state index contributed by atoms with van der Waals surface area (Å²) in [5, 5.41) is 11.5. The lowest BCUT2D eigenvalue weighted by Crippen LogP contribution is -2.34. The van der Waals surface area contributed by atoms with Crippen LogP contribution in [0.1, 0.15) is 24.5 Å². The largest absolute Gasteiger partial charge is 0.395 e. The second-order valence-corrected chi connectivity index (χ2v) is 4.60. The maximum absolute atomic E-state index is 11.5. The predicted octanol–water partition coefficient (Wildman–Crippen LogP) is 0.988. The molecule has 0 fully saturated rings. The third-order valence-corrected chi connectivity index (χ3v) is 2.64. The van der Waals surface area contributed by atoms with Gasteiger partial charge in [0.2, 0.25) is 5.91 Å². The van der Waals surface area contributed by atoms with Gasteiger partial charge in [0, 0.05) is 25.1 Å². The summed E-state index contributed by atoms with van der Waals surface area (Å²) in [5.41, 5.74) is 2.05. The Labute approximate surface area is 120 Å². The van der Waals surface area contributed by atoms with Crippen LogP contribution in [-0.4, -0.2) is 42.7 Å². The minimum absolute atomic E-state index is 0.0360. The monoisotopic (exact) mass is 274 g/mol. The van der Waals surface area contributed by atoms with Crippen LogP contribution in [0.5, 0.6) is 0 Å². The van der Waals surface area contributed by atoms with Crippen LogP contribution in [0.2, 0.25) is 0 Å². The highest BCUT2D eigenvalue weighted by Crippen LogP contribution is 2.06. The molecule has 1 aromatic carbocycles. The second-order valence-electron chi connectivity index (χ2n) is 4.60. The molecule has 0 aliphatic rings. The molecule has 4 nitrogen and oxygen atoms in total. The van der Waals surface area contributed by atoms with Crippen molar-refractivity contribution in [3.8, 4) is 11.8 Å². The van der Waals surface area contributed by atoms with Gasteiger partial charge < -0.3 is 10.4 Å². The number of carbonyl (C=O) groups is 1. The van der Waals surface area contributed by atoms with Crippen molar-refractivity contribution in [3.05, 3.63) is 35.4 Å². The van der Waals surface area contributed by atoms with Crippen molar-refractivity contribution in [2.75, 3.05) is 26.7 Å². The van der Waals surface area contributed by atoms with Gasteiger partial charge in [-0.25, -0.2) is 0 Å². The van der Waals surface area contributed by atoms with E-state index in [2.05, 4.69) is 17.2 Å².